The molecule has 11 heavy (non-hydrogen) atoms. The SMILES string of the molecule is COC1CC2([SiH2]Cl)C=CC1C2. The van der Waals surface area contributed by atoms with Crippen LogP contribution in [0, 0.1) is 5.92 Å². The fourth-order valence-corrected chi connectivity index (χ4v) is 4.29. The molecule has 0 heterocycles. The van der Waals surface area contributed by atoms with E-state index >= 15 is 0 Å². The molecule has 1 saturated carbocycles. The molecular weight excluding hydrogens is 176 g/mol. The van der Waals surface area contributed by atoms with E-state index in [1.807, 2.05) is 7.11 Å². The van der Waals surface area contributed by atoms with Crippen molar-refractivity contribution in [3.8, 4) is 0 Å². The summed E-state index contributed by atoms with van der Waals surface area (Å²) in [5.41, 5.74) is 0. The fraction of sp³-hybridized carbons (Fsp3) is 0.750. The van der Waals surface area contributed by atoms with Crippen molar-refractivity contribution in [1.82, 2.24) is 0 Å². The van der Waals surface area contributed by atoms with Gasteiger partial charge in [0.1, 0.15) is 8.83 Å². The van der Waals surface area contributed by atoms with E-state index in [2.05, 4.69) is 12.2 Å². The highest BCUT2D eigenvalue weighted by Crippen LogP contribution is 2.55. The summed E-state index contributed by atoms with van der Waals surface area (Å²) < 4.78 is 5.38. The van der Waals surface area contributed by atoms with E-state index in [1.54, 1.807) is 0 Å². The van der Waals surface area contributed by atoms with Crippen molar-refractivity contribution in [3.05, 3.63) is 12.2 Å². The van der Waals surface area contributed by atoms with Gasteiger partial charge in [-0.2, -0.15) is 11.1 Å². The van der Waals surface area contributed by atoms with Crippen LogP contribution < -0.4 is 0 Å². The van der Waals surface area contributed by atoms with Crippen LogP contribution in [0.1, 0.15) is 12.8 Å². The molecule has 0 saturated heterocycles. The van der Waals surface area contributed by atoms with Gasteiger partial charge in [-0.05, 0) is 17.9 Å². The van der Waals surface area contributed by atoms with Gasteiger partial charge in [0.2, 0.25) is 0 Å². The van der Waals surface area contributed by atoms with E-state index in [0.717, 1.165) is 0 Å². The molecular formula is C8H13ClOSi. The predicted molar refractivity (Wildman–Crippen MR) is 49.8 cm³/mol. The van der Waals surface area contributed by atoms with Gasteiger partial charge in [0, 0.05) is 13.0 Å². The number of hydrogen-bond donors (Lipinski definition) is 0. The molecule has 3 heteroatoms. The van der Waals surface area contributed by atoms with E-state index in [0.29, 0.717) is 17.1 Å². The number of halogens is 1. The summed E-state index contributed by atoms with van der Waals surface area (Å²) in [5, 5.41) is 0.424. The number of fused-ring (bicyclic) bond motifs is 2. The maximum absolute atomic E-state index is 6.05. The summed E-state index contributed by atoms with van der Waals surface area (Å²) in [6.07, 6.45) is 7.55. The van der Waals surface area contributed by atoms with Crippen LogP contribution in [0.15, 0.2) is 12.2 Å². The van der Waals surface area contributed by atoms with Gasteiger partial charge in [-0.25, -0.2) is 0 Å². The molecule has 3 atom stereocenters. The average Bonchev–Trinajstić information content (AvgIpc) is 2.61. The first-order valence-corrected chi connectivity index (χ1v) is 6.92. The van der Waals surface area contributed by atoms with Gasteiger partial charge in [-0.1, -0.05) is 12.2 Å². The minimum Gasteiger partial charge on any atom is -0.381 e. The fourth-order valence-electron chi connectivity index (χ4n) is 2.30. The maximum atomic E-state index is 6.05. The van der Waals surface area contributed by atoms with E-state index in [-0.39, 0.29) is 0 Å². The zero-order valence-electron chi connectivity index (χ0n) is 6.72. The Morgan fingerprint density at radius 1 is 1.64 bits per heavy atom. The third-order valence-corrected chi connectivity index (χ3v) is 5.94. The predicted octanol–water partition coefficient (Wildman–Crippen LogP) is 1.46. The lowest BCUT2D eigenvalue weighted by molar-refractivity contribution is 0.0830. The maximum Gasteiger partial charge on any atom is 0.135 e. The number of methoxy groups -OCH3 is 1. The normalized spacial score (nSPS) is 48.2. The quantitative estimate of drug-likeness (QED) is 0.362. The Balaban J connectivity index is 2.16. The number of ether oxygens (including phenoxy) is 1. The molecule has 2 aliphatic rings. The van der Waals surface area contributed by atoms with Gasteiger partial charge in [0.25, 0.3) is 0 Å². The smallest absolute Gasteiger partial charge is 0.135 e. The van der Waals surface area contributed by atoms with Gasteiger partial charge in [-0.3, -0.25) is 0 Å². The van der Waals surface area contributed by atoms with Crippen molar-refractivity contribution in [2.75, 3.05) is 7.11 Å². The molecule has 0 aromatic heterocycles. The Kier molecular flexibility index (Phi) is 1.86. The second-order valence-electron chi connectivity index (χ2n) is 3.70. The number of rotatable bonds is 2. The van der Waals surface area contributed by atoms with Crippen molar-refractivity contribution in [1.29, 1.82) is 0 Å². The Morgan fingerprint density at radius 3 is 2.91 bits per heavy atom. The van der Waals surface area contributed by atoms with Crippen LogP contribution in [-0.2, 0) is 4.74 Å². The summed E-state index contributed by atoms with van der Waals surface area (Å²) in [6, 6.07) is 0. The van der Waals surface area contributed by atoms with E-state index < -0.39 is 8.83 Å². The van der Waals surface area contributed by atoms with Gasteiger partial charge in [0.15, 0.2) is 0 Å². The summed E-state index contributed by atoms with van der Waals surface area (Å²) in [4.78, 5) is 0. The van der Waals surface area contributed by atoms with Gasteiger partial charge in [-0.15, -0.1) is 0 Å². The molecule has 0 aliphatic heterocycles. The van der Waals surface area contributed by atoms with Crippen molar-refractivity contribution in [3.63, 3.8) is 0 Å². The van der Waals surface area contributed by atoms with E-state index in [1.165, 1.54) is 12.8 Å². The topological polar surface area (TPSA) is 9.23 Å². The lowest BCUT2D eigenvalue weighted by Gasteiger charge is -2.22. The van der Waals surface area contributed by atoms with Gasteiger partial charge >= 0.3 is 0 Å². The molecule has 2 rings (SSSR count). The first kappa shape index (κ1) is 7.84. The molecule has 0 radical (unpaired) electrons. The van der Waals surface area contributed by atoms with Crippen LogP contribution >= 0.6 is 11.1 Å². The van der Waals surface area contributed by atoms with E-state index in [4.69, 9.17) is 15.8 Å². The summed E-state index contributed by atoms with van der Waals surface area (Å²) in [6.45, 7) is 0. The average molecular weight is 189 g/mol. The van der Waals surface area contributed by atoms with Crippen molar-refractivity contribution >= 4 is 19.9 Å². The van der Waals surface area contributed by atoms with Gasteiger partial charge < -0.3 is 4.74 Å². The molecule has 1 fully saturated rings. The number of hydrogen-bond acceptors (Lipinski definition) is 1. The highest BCUT2D eigenvalue weighted by Gasteiger charge is 2.46. The first-order valence-electron chi connectivity index (χ1n) is 4.08. The lowest BCUT2D eigenvalue weighted by atomic mass is 10.0. The summed E-state index contributed by atoms with van der Waals surface area (Å²) in [5.74, 6) is 0.672. The Labute approximate surface area is 74.3 Å². The number of allylic oxidation sites excluding steroid dienone is 1. The third-order valence-electron chi connectivity index (χ3n) is 2.99. The lowest BCUT2D eigenvalue weighted by Crippen LogP contribution is -2.18. The van der Waals surface area contributed by atoms with Crippen molar-refractivity contribution in [2.24, 2.45) is 5.92 Å². The Bertz CT molecular complexity index is 195. The second-order valence-corrected chi connectivity index (χ2v) is 6.18. The Hall–Kier alpha value is 0.207. The van der Waals surface area contributed by atoms with Crippen LogP contribution in [0.4, 0.5) is 0 Å². The second kappa shape index (κ2) is 2.61. The van der Waals surface area contributed by atoms with Crippen LogP contribution in [0.3, 0.4) is 0 Å². The molecule has 3 unspecified atom stereocenters. The molecule has 0 amide bonds. The zero-order valence-corrected chi connectivity index (χ0v) is 8.89. The van der Waals surface area contributed by atoms with Crippen LogP contribution in [0.2, 0.25) is 5.04 Å². The standard InChI is InChI=1S/C8H13ClOSi/c1-10-7-5-8(11-9)3-2-6(7)4-8/h2-3,6-7H,4-5,11H2,1H3. The monoisotopic (exact) mass is 188 g/mol. The molecule has 2 bridgehead atoms. The van der Waals surface area contributed by atoms with Crippen LogP contribution in [0.25, 0.3) is 0 Å². The summed E-state index contributed by atoms with van der Waals surface area (Å²) >= 11 is 6.05. The van der Waals surface area contributed by atoms with Crippen molar-refractivity contribution < 1.29 is 4.74 Å². The van der Waals surface area contributed by atoms with Gasteiger partial charge in [0.05, 0.1) is 6.10 Å². The third kappa shape index (κ3) is 1.08. The largest absolute Gasteiger partial charge is 0.381 e. The minimum atomic E-state index is -0.410. The highest BCUT2D eigenvalue weighted by molar-refractivity contribution is 6.95. The zero-order chi connectivity index (χ0) is 7.90. The minimum absolute atomic E-state index is 0.410. The molecule has 0 aromatic carbocycles. The first-order chi connectivity index (χ1) is 5.29. The highest BCUT2D eigenvalue weighted by atomic mass is 35.6. The van der Waals surface area contributed by atoms with Crippen LogP contribution in [0.5, 0.6) is 0 Å². The summed E-state index contributed by atoms with van der Waals surface area (Å²) in [7, 11) is 1.40. The van der Waals surface area contributed by atoms with E-state index in [9.17, 15) is 0 Å². The Morgan fingerprint density at radius 2 is 2.45 bits per heavy atom. The molecule has 2 aliphatic carbocycles. The molecule has 1 nitrogen and oxygen atoms in total. The van der Waals surface area contributed by atoms with Crippen molar-refractivity contribution in [2.45, 2.75) is 24.0 Å². The van der Waals surface area contributed by atoms with Crippen LogP contribution in [-0.4, -0.2) is 22.0 Å². The molecule has 62 valence electrons. The molecule has 0 N–H and O–H groups in total. The molecule has 0 spiro atoms. The molecule has 0 aromatic rings.